The summed E-state index contributed by atoms with van der Waals surface area (Å²) >= 11 is 0. The molecule has 0 radical (unpaired) electrons. The van der Waals surface area contributed by atoms with Crippen LogP contribution >= 0.6 is 0 Å². The molecule has 2 nitrogen and oxygen atoms in total. The van der Waals surface area contributed by atoms with Gasteiger partial charge < -0.3 is 0 Å². The molecule has 0 spiro atoms. The lowest BCUT2D eigenvalue weighted by atomic mass is 10.1. The molecule has 0 saturated heterocycles. The van der Waals surface area contributed by atoms with Gasteiger partial charge in [-0.3, -0.25) is 0 Å². The summed E-state index contributed by atoms with van der Waals surface area (Å²) in [6.07, 6.45) is 6.16. The molecule has 1 aromatic heterocycles. The van der Waals surface area contributed by atoms with Crippen LogP contribution in [0.4, 0.5) is 0 Å². The summed E-state index contributed by atoms with van der Waals surface area (Å²) in [5, 5.41) is 4.45. The summed E-state index contributed by atoms with van der Waals surface area (Å²) < 4.78 is 1.94. The van der Waals surface area contributed by atoms with Gasteiger partial charge in [0.15, 0.2) is 0 Å². The Morgan fingerprint density at radius 2 is 1.55 bits per heavy atom. The van der Waals surface area contributed by atoms with Crippen LogP contribution in [0.25, 0.3) is 5.69 Å². The third kappa shape index (κ3) is 2.97. The maximum atomic E-state index is 4.45. The minimum Gasteiger partial charge on any atom is -0.241 e. The Hall–Kier alpha value is -2.35. The fourth-order valence-corrected chi connectivity index (χ4v) is 2.26. The predicted molar refractivity (Wildman–Crippen MR) is 82.2 cm³/mol. The molecule has 0 fully saturated rings. The summed E-state index contributed by atoms with van der Waals surface area (Å²) in [5.74, 6) is 0. The second-order valence-corrected chi connectivity index (χ2v) is 5.11. The van der Waals surface area contributed by atoms with Crippen molar-refractivity contribution in [2.75, 3.05) is 0 Å². The molecule has 20 heavy (non-hydrogen) atoms. The van der Waals surface area contributed by atoms with Crippen LogP contribution in [-0.2, 0) is 12.8 Å². The highest BCUT2D eigenvalue weighted by Crippen LogP contribution is 2.11. The molecule has 1 heterocycles. The average molecular weight is 262 g/mol. The number of hydrogen-bond donors (Lipinski definition) is 0. The third-order valence-electron chi connectivity index (χ3n) is 3.48. The van der Waals surface area contributed by atoms with E-state index in [1.807, 2.05) is 10.9 Å². The molecule has 0 atom stereocenters. The molecule has 0 N–H and O–H groups in total. The summed E-state index contributed by atoms with van der Waals surface area (Å²) in [6.45, 7) is 2.10. The van der Waals surface area contributed by atoms with Crippen molar-refractivity contribution in [2.24, 2.45) is 0 Å². The van der Waals surface area contributed by atoms with E-state index in [9.17, 15) is 0 Å². The lowest BCUT2D eigenvalue weighted by molar-refractivity contribution is 0.878. The molecule has 100 valence electrons. The van der Waals surface area contributed by atoms with Crippen LogP contribution in [0, 0.1) is 6.92 Å². The molecule has 3 aromatic rings. The Balaban J connectivity index is 1.69. The van der Waals surface area contributed by atoms with E-state index in [1.165, 1.54) is 16.7 Å². The van der Waals surface area contributed by atoms with Gasteiger partial charge in [0.1, 0.15) is 0 Å². The van der Waals surface area contributed by atoms with E-state index in [2.05, 4.69) is 72.8 Å². The lowest BCUT2D eigenvalue weighted by Crippen LogP contribution is -1.94. The van der Waals surface area contributed by atoms with Gasteiger partial charge in [0.2, 0.25) is 0 Å². The Bertz CT molecular complexity index is 666. The van der Waals surface area contributed by atoms with Crippen LogP contribution in [0.15, 0.2) is 67.0 Å². The molecule has 2 heteroatoms. The maximum Gasteiger partial charge on any atom is 0.0645 e. The zero-order valence-corrected chi connectivity index (χ0v) is 11.7. The number of nitrogens with zero attached hydrogens (tertiary/aromatic N) is 2. The zero-order chi connectivity index (χ0) is 13.8. The number of hydrogen-bond acceptors (Lipinski definition) is 1. The van der Waals surface area contributed by atoms with Gasteiger partial charge in [-0.05, 0) is 43.0 Å². The van der Waals surface area contributed by atoms with Gasteiger partial charge in [-0.2, -0.15) is 5.10 Å². The molecular weight excluding hydrogens is 244 g/mol. The molecule has 0 aliphatic carbocycles. The fourth-order valence-electron chi connectivity index (χ4n) is 2.26. The number of rotatable bonds is 4. The van der Waals surface area contributed by atoms with E-state index >= 15 is 0 Å². The average Bonchev–Trinajstić information content (AvgIpc) is 2.96. The van der Waals surface area contributed by atoms with Crippen molar-refractivity contribution in [1.29, 1.82) is 0 Å². The van der Waals surface area contributed by atoms with Crippen molar-refractivity contribution in [1.82, 2.24) is 9.78 Å². The van der Waals surface area contributed by atoms with Gasteiger partial charge in [0.25, 0.3) is 0 Å². The first-order valence-corrected chi connectivity index (χ1v) is 6.96. The predicted octanol–water partition coefficient (Wildman–Crippen LogP) is 3.97. The highest BCUT2D eigenvalue weighted by atomic mass is 15.3. The fraction of sp³-hybridized carbons (Fsp3) is 0.167. The molecule has 0 aliphatic heterocycles. The van der Waals surface area contributed by atoms with Crippen molar-refractivity contribution in [3.63, 3.8) is 0 Å². The van der Waals surface area contributed by atoms with Gasteiger partial charge in [-0.25, -0.2) is 4.68 Å². The van der Waals surface area contributed by atoms with Crippen LogP contribution < -0.4 is 0 Å². The van der Waals surface area contributed by atoms with Crippen molar-refractivity contribution in [3.05, 3.63) is 83.7 Å². The Morgan fingerprint density at radius 3 is 2.30 bits per heavy atom. The van der Waals surface area contributed by atoms with E-state index in [0.29, 0.717) is 0 Å². The summed E-state index contributed by atoms with van der Waals surface area (Å²) in [5.41, 5.74) is 5.02. The highest BCUT2D eigenvalue weighted by Gasteiger charge is 2.01. The first-order valence-electron chi connectivity index (χ1n) is 6.96. The zero-order valence-electron chi connectivity index (χ0n) is 11.7. The lowest BCUT2D eigenvalue weighted by Gasteiger charge is -2.01. The molecule has 0 amide bonds. The quantitative estimate of drug-likeness (QED) is 0.695. The second-order valence-electron chi connectivity index (χ2n) is 5.11. The third-order valence-corrected chi connectivity index (χ3v) is 3.48. The first-order chi connectivity index (χ1) is 9.81. The first kappa shape index (κ1) is 12.7. The van der Waals surface area contributed by atoms with Crippen LogP contribution in [0.1, 0.15) is 16.7 Å². The van der Waals surface area contributed by atoms with Crippen LogP contribution in [0.5, 0.6) is 0 Å². The van der Waals surface area contributed by atoms with Gasteiger partial charge in [0.05, 0.1) is 11.9 Å². The van der Waals surface area contributed by atoms with Crippen LogP contribution in [-0.4, -0.2) is 9.78 Å². The topological polar surface area (TPSA) is 17.8 Å². The molecular formula is C18H18N2. The van der Waals surface area contributed by atoms with Crippen LogP contribution in [0.3, 0.4) is 0 Å². The number of aromatic nitrogens is 2. The van der Waals surface area contributed by atoms with E-state index in [4.69, 9.17) is 0 Å². The molecule has 3 rings (SSSR count). The Morgan fingerprint density at radius 1 is 0.850 bits per heavy atom. The van der Waals surface area contributed by atoms with Crippen molar-refractivity contribution in [3.8, 4) is 5.69 Å². The number of aryl methyl sites for hydroxylation is 3. The summed E-state index contributed by atoms with van der Waals surface area (Å²) in [6, 6.07) is 19.0. The second kappa shape index (κ2) is 5.74. The normalized spacial score (nSPS) is 10.7. The summed E-state index contributed by atoms with van der Waals surface area (Å²) in [4.78, 5) is 0. The van der Waals surface area contributed by atoms with Gasteiger partial charge in [-0.1, -0.05) is 48.0 Å². The molecule has 0 unspecified atom stereocenters. The summed E-state index contributed by atoms with van der Waals surface area (Å²) in [7, 11) is 0. The van der Waals surface area contributed by atoms with Gasteiger partial charge >= 0.3 is 0 Å². The Labute approximate surface area is 119 Å². The van der Waals surface area contributed by atoms with Gasteiger partial charge in [0, 0.05) is 6.20 Å². The maximum absolute atomic E-state index is 4.45. The van der Waals surface area contributed by atoms with Crippen LogP contribution in [0.2, 0.25) is 0 Å². The molecule has 0 saturated carbocycles. The smallest absolute Gasteiger partial charge is 0.0645 e. The van der Waals surface area contributed by atoms with Crippen molar-refractivity contribution >= 4 is 0 Å². The van der Waals surface area contributed by atoms with Crippen molar-refractivity contribution < 1.29 is 0 Å². The SMILES string of the molecule is Cc1ccc(-n2cc(CCc3ccccc3)cn2)cc1. The molecule has 2 aromatic carbocycles. The highest BCUT2D eigenvalue weighted by molar-refractivity contribution is 5.34. The van der Waals surface area contributed by atoms with E-state index < -0.39 is 0 Å². The standard InChI is InChI=1S/C18H18N2/c1-15-7-11-18(12-8-15)20-14-17(13-19-20)10-9-16-5-3-2-4-6-16/h2-8,11-14H,9-10H2,1H3. The van der Waals surface area contributed by atoms with E-state index in [-0.39, 0.29) is 0 Å². The van der Waals surface area contributed by atoms with E-state index in [1.54, 1.807) is 0 Å². The Kier molecular flexibility index (Phi) is 3.64. The molecule has 0 bridgehead atoms. The molecule has 0 aliphatic rings. The van der Waals surface area contributed by atoms with Crippen molar-refractivity contribution in [2.45, 2.75) is 19.8 Å². The largest absolute Gasteiger partial charge is 0.241 e. The monoisotopic (exact) mass is 262 g/mol. The number of benzene rings is 2. The minimum absolute atomic E-state index is 1.02. The van der Waals surface area contributed by atoms with Gasteiger partial charge in [-0.15, -0.1) is 0 Å². The van der Waals surface area contributed by atoms with E-state index in [0.717, 1.165) is 18.5 Å². The minimum atomic E-state index is 1.02.